The van der Waals surface area contributed by atoms with Gasteiger partial charge in [-0.05, 0) is 25.8 Å². The Kier molecular flexibility index (Phi) is 4.57. The van der Waals surface area contributed by atoms with Crippen LogP contribution >= 0.6 is 11.6 Å². The fourth-order valence-corrected chi connectivity index (χ4v) is 3.14. The summed E-state index contributed by atoms with van der Waals surface area (Å²) in [7, 11) is 0. The van der Waals surface area contributed by atoms with Crippen LogP contribution in [0.5, 0.6) is 0 Å². The van der Waals surface area contributed by atoms with Crippen molar-refractivity contribution in [2.45, 2.75) is 38.3 Å². The third-order valence-corrected chi connectivity index (χ3v) is 4.85. The van der Waals surface area contributed by atoms with Gasteiger partial charge in [-0.15, -0.1) is 0 Å². The Bertz CT molecular complexity index is 952. The summed E-state index contributed by atoms with van der Waals surface area (Å²) < 4.78 is 0. The molecule has 0 aromatic carbocycles. The molecule has 1 aliphatic rings. The van der Waals surface area contributed by atoms with E-state index in [0.29, 0.717) is 22.6 Å². The number of hydrogen-bond donors (Lipinski definition) is 3. The van der Waals surface area contributed by atoms with Crippen molar-refractivity contribution in [1.29, 1.82) is 0 Å². The van der Waals surface area contributed by atoms with Crippen LogP contribution in [0, 0.1) is 0 Å². The molecular weight excluding hydrogens is 352 g/mol. The Morgan fingerprint density at radius 1 is 1.35 bits per heavy atom. The zero-order chi connectivity index (χ0) is 18.1. The second-order valence-electron chi connectivity index (χ2n) is 6.55. The second kappa shape index (κ2) is 7.01. The fourth-order valence-electron chi connectivity index (χ4n) is 2.98. The molecule has 4 rings (SSSR count). The molecule has 3 heterocycles. The molecule has 0 bridgehead atoms. The van der Waals surface area contributed by atoms with Crippen molar-refractivity contribution in [3.8, 4) is 11.3 Å². The Morgan fingerprint density at radius 2 is 2.19 bits per heavy atom. The molecule has 8 heteroatoms. The van der Waals surface area contributed by atoms with Gasteiger partial charge in [-0.3, -0.25) is 9.78 Å². The Balaban J connectivity index is 1.54. The monoisotopic (exact) mass is 370 g/mol. The quantitative estimate of drug-likeness (QED) is 0.641. The van der Waals surface area contributed by atoms with Gasteiger partial charge < -0.3 is 15.6 Å². The lowest BCUT2D eigenvalue weighted by molar-refractivity contribution is -0.118. The minimum Gasteiger partial charge on any atom is -0.345 e. The molecule has 26 heavy (non-hydrogen) atoms. The first kappa shape index (κ1) is 16.9. The number of rotatable bonds is 5. The molecule has 3 aromatic heterocycles. The number of nitrogens with zero attached hydrogens (tertiary/aromatic N) is 3. The van der Waals surface area contributed by atoms with E-state index < -0.39 is 0 Å². The number of H-pyrrole nitrogens is 1. The van der Waals surface area contributed by atoms with Crippen molar-refractivity contribution in [3.63, 3.8) is 0 Å². The number of amides is 1. The molecular formula is C18H19ClN6O. The lowest BCUT2D eigenvalue weighted by Crippen LogP contribution is -2.46. The van der Waals surface area contributed by atoms with Crippen LogP contribution < -0.4 is 10.6 Å². The summed E-state index contributed by atoms with van der Waals surface area (Å²) in [6, 6.07) is 1.99. The zero-order valence-electron chi connectivity index (χ0n) is 14.3. The number of pyridine rings is 1. The highest BCUT2D eigenvalue weighted by Crippen LogP contribution is 2.28. The molecule has 1 amide bonds. The summed E-state index contributed by atoms with van der Waals surface area (Å²) in [5, 5.41) is 7.56. The molecule has 134 valence electrons. The summed E-state index contributed by atoms with van der Waals surface area (Å²) in [5.74, 6) is 0.297. The number of hydrogen-bond acceptors (Lipinski definition) is 5. The van der Waals surface area contributed by atoms with E-state index in [9.17, 15) is 4.79 Å². The molecule has 3 N–H and O–H groups in total. The normalized spacial score (nSPS) is 15.6. The number of halogens is 1. The molecule has 1 saturated carbocycles. The number of nitrogens with one attached hydrogen (secondary N) is 3. The van der Waals surface area contributed by atoms with Crippen LogP contribution in [0.3, 0.4) is 0 Å². The highest BCUT2D eigenvalue weighted by Gasteiger charge is 2.22. The molecule has 0 aliphatic heterocycles. The average molecular weight is 371 g/mol. The smallest absolute Gasteiger partial charge is 0.242 e. The molecule has 0 unspecified atom stereocenters. The van der Waals surface area contributed by atoms with Gasteiger partial charge in [0, 0.05) is 29.4 Å². The molecule has 0 saturated heterocycles. The Morgan fingerprint density at radius 3 is 2.96 bits per heavy atom. The predicted molar refractivity (Wildman–Crippen MR) is 101 cm³/mol. The maximum absolute atomic E-state index is 12.4. The molecule has 1 atom stereocenters. The lowest BCUT2D eigenvalue weighted by Gasteiger charge is -2.29. The van der Waals surface area contributed by atoms with Crippen LogP contribution in [0.1, 0.15) is 26.2 Å². The summed E-state index contributed by atoms with van der Waals surface area (Å²) >= 11 is 6.05. The number of carbonyl (C=O) groups excluding carboxylic acids is 1. The summed E-state index contributed by atoms with van der Waals surface area (Å²) in [4.78, 5) is 28.4. The van der Waals surface area contributed by atoms with Crippen LogP contribution in [-0.4, -0.2) is 37.9 Å². The highest BCUT2D eigenvalue weighted by atomic mass is 35.5. The van der Waals surface area contributed by atoms with Crippen LogP contribution in [0.4, 0.5) is 5.82 Å². The second-order valence-corrected chi connectivity index (χ2v) is 6.98. The third kappa shape index (κ3) is 3.40. The fraction of sp³-hybridized carbons (Fsp3) is 0.333. The van der Waals surface area contributed by atoms with E-state index >= 15 is 0 Å². The van der Waals surface area contributed by atoms with Gasteiger partial charge in [0.2, 0.25) is 5.91 Å². The van der Waals surface area contributed by atoms with E-state index in [-0.39, 0.29) is 11.9 Å². The van der Waals surface area contributed by atoms with E-state index in [0.717, 1.165) is 29.4 Å². The summed E-state index contributed by atoms with van der Waals surface area (Å²) in [6.45, 7) is 1.86. The van der Waals surface area contributed by atoms with Gasteiger partial charge in [-0.25, -0.2) is 9.97 Å². The van der Waals surface area contributed by atoms with Gasteiger partial charge in [0.05, 0.1) is 29.2 Å². The minimum atomic E-state index is -0.276. The van der Waals surface area contributed by atoms with Gasteiger partial charge in [0.1, 0.15) is 5.65 Å². The van der Waals surface area contributed by atoms with Crippen molar-refractivity contribution >= 4 is 34.4 Å². The number of anilines is 1. The van der Waals surface area contributed by atoms with E-state index in [2.05, 4.69) is 30.6 Å². The molecule has 7 nitrogen and oxygen atoms in total. The van der Waals surface area contributed by atoms with E-state index in [4.69, 9.17) is 11.6 Å². The van der Waals surface area contributed by atoms with Crippen molar-refractivity contribution in [2.75, 3.05) is 5.32 Å². The van der Waals surface area contributed by atoms with Gasteiger partial charge in [-0.2, -0.15) is 0 Å². The van der Waals surface area contributed by atoms with Crippen molar-refractivity contribution in [1.82, 2.24) is 25.3 Å². The Hall–Kier alpha value is -2.51. The molecule has 3 aromatic rings. The molecule has 1 fully saturated rings. The van der Waals surface area contributed by atoms with Crippen LogP contribution in [0.25, 0.3) is 22.3 Å². The Labute approximate surface area is 155 Å². The van der Waals surface area contributed by atoms with Gasteiger partial charge in [0.15, 0.2) is 5.82 Å². The number of fused-ring (bicyclic) bond motifs is 1. The highest BCUT2D eigenvalue weighted by molar-refractivity contribution is 6.31. The van der Waals surface area contributed by atoms with Gasteiger partial charge in [-0.1, -0.05) is 18.0 Å². The first-order valence-corrected chi connectivity index (χ1v) is 9.00. The average Bonchev–Trinajstić information content (AvgIpc) is 3.01. The molecule has 0 spiro atoms. The topological polar surface area (TPSA) is 95.6 Å². The maximum atomic E-state index is 12.4. The van der Waals surface area contributed by atoms with E-state index in [1.54, 1.807) is 12.4 Å². The predicted octanol–water partition coefficient (Wildman–Crippen LogP) is 3.14. The van der Waals surface area contributed by atoms with Crippen molar-refractivity contribution < 1.29 is 4.79 Å². The van der Waals surface area contributed by atoms with Crippen molar-refractivity contribution in [3.05, 3.63) is 35.9 Å². The summed E-state index contributed by atoms with van der Waals surface area (Å²) in [5.41, 5.74) is 2.19. The van der Waals surface area contributed by atoms with Gasteiger partial charge >= 0.3 is 0 Å². The standard InChI is InChI=1S/C18H19ClN6O/c1-10(23-12-3-2-4-12)18(26)25-16-9-20-8-15(24-16)14-7-22-17-13(14)5-11(19)6-21-17/h5-10,12,23H,2-4H2,1H3,(H,21,22)(H,24,25,26)/t10-/m1/s1. The number of aromatic nitrogens is 4. The minimum absolute atomic E-state index is 0.119. The lowest BCUT2D eigenvalue weighted by atomic mass is 9.92. The van der Waals surface area contributed by atoms with Crippen molar-refractivity contribution in [2.24, 2.45) is 0 Å². The van der Waals surface area contributed by atoms with E-state index in [1.807, 2.05) is 19.2 Å². The summed E-state index contributed by atoms with van der Waals surface area (Å²) in [6.07, 6.45) is 10.1. The molecule has 0 radical (unpaired) electrons. The van der Waals surface area contributed by atoms with Crippen LogP contribution in [-0.2, 0) is 4.79 Å². The first-order valence-electron chi connectivity index (χ1n) is 8.62. The largest absolute Gasteiger partial charge is 0.345 e. The van der Waals surface area contributed by atoms with E-state index in [1.165, 1.54) is 12.6 Å². The number of aromatic amines is 1. The van der Waals surface area contributed by atoms with Gasteiger partial charge in [0.25, 0.3) is 0 Å². The molecule has 1 aliphatic carbocycles. The van der Waals surface area contributed by atoms with Crippen LogP contribution in [0.15, 0.2) is 30.9 Å². The number of carbonyl (C=O) groups is 1. The maximum Gasteiger partial charge on any atom is 0.242 e. The zero-order valence-corrected chi connectivity index (χ0v) is 15.0. The SMILES string of the molecule is C[C@@H](NC1CCC1)C(=O)Nc1cncc(-c2c[nH]c3ncc(Cl)cc23)n1. The van der Waals surface area contributed by atoms with Crippen LogP contribution in [0.2, 0.25) is 5.02 Å². The third-order valence-electron chi connectivity index (χ3n) is 4.64. The first-order chi connectivity index (χ1) is 12.6.